The molecule has 6 nitrogen and oxygen atoms in total. The smallest absolute Gasteiger partial charge is 0.255 e. The number of hydrogen-bond acceptors (Lipinski definition) is 4. The van der Waals surface area contributed by atoms with Gasteiger partial charge in [-0.3, -0.25) is 4.79 Å². The summed E-state index contributed by atoms with van der Waals surface area (Å²) >= 11 is 3.30. The molecular weight excluding hydrogens is 432 g/mol. The van der Waals surface area contributed by atoms with Gasteiger partial charge in [0.25, 0.3) is 5.91 Å². The number of morpholine rings is 1. The third-order valence-corrected chi connectivity index (χ3v) is 7.27. The molecule has 0 aliphatic carbocycles. The highest BCUT2D eigenvalue weighted by atomic mass is 79.9. The molecule has 0 spiro atoms. The first-order chi connectivity index (χ1) is 12.9. The average Bonchev–Trinajstić information content (AvgIpc) is 2.69. The second-order valence-corrected chi connectivity index (χ2v) is 8.93. The van der Waals surface area contributed by atoms with E-state index in [0.29, 0.717) is 36.5 Å². The van der Waals surface area contributed by atoms with Crippen molar-refractivity contribution in [1.82, 2.24) is 4.31 Å². The number of halogens is 1. The van der Waals surface area contributed by atoms with Crippen LogP contribution in [0.2, 0.25) is 0 Å². The third kappa shape index (κ3) is 4.57. The number of anilines is 1. The number of nitrogens with one attached hydrogen (secondary N) is 1. The number of ether oxygens (including phenoxy) is 1. The summed E-state index contributed by atoms with van der Waals surface area (Å²) in [6.07, 6.45) is 0.865. The van der Waals surface area contributed by atoms with Gasteiger partial charge in [0.05, 0.1) is 18.1 Å². The number of carbonyl (C=O) groups is 1. The Bertz CT molecular complexity index is 940. The molecule has 27 heavy (non-hydrogen) atoms. The third-order valence-electron chi connectivity index (χ3n) is 4.37. The summed E-state index contributed by atoms with van der Waals surface area (Å²) in [5.74, 6) is -0.353. The summed E-state index contributed by atoms with van der Waals surface area (Å²) in [6, 6.07) is 12.2. The zero-order valence-electron chi connectivity index (χ0n) is 14.9. The van der Waals surface area contributed by atoms with Crippen molar-refractivity contribution in [3.8, 4) is 0 Å². The van der Waals surface area contributed by atoms with Gasteiger partial charge in [-0.2, -0.15) is 4.31 Å². The molecule has 1 aliphatic heterocycles. The van der Waals surface area contributed by atoms with Gasteiger partial charge in [0, 0.05) is 28.8 Å². The van der Waals surface area contributed by atoms with Crippen LogP contribution in [0.15, 0.2) is 51.8 Å². The first kappa shape index (κ1) is 20.0. The van der Waals surface area contributed by atoms with Crippen LogP contribution in [0.3, 0.4) is 0 Å². The van der Waals surface area contributed by atoms with Gasteiger partial charge in [-0.1, -0.05) is 19.1 Å². The van der Waals surface area contributed by atoms with Crippen LogP contribution in [0.25, 0.3) is 0 Å². The zero-order valence-corrected chi connectivity index (χ0v) is 17.3. The number of amides is 1. The molecule has 1 heterocycles. The molecular formula is C19H21BrN2O4S. The molecule has 0 bridgehead atoms. The van der Waals surface area contributed by atoms with Crippen LogP contribution < -0.4 is 5.32 Å². The summed E-state index contributed by atoms with van der Waals surface area (Å²) in [4.78, 5) is 12.7. The van der Waals surface area contributed by atoms with E-state index >= 15 is 0 Å². The van der Waals surface area contributed by atoms with Crippen molar-refractivity contribution in [2.75, 3.05) is 31.6 Å². The van der Waals surface area contributed by atoms with Crippen molar-refractivity contribution >= 4 is 37.5 Å². The highest BCUT2D eigenvalue weighted by Gasteiger charge is 2.29. The molecule has 2 aromatic carbocycles. The monoisotopic (exact) mass is 452 g/mol. The quantitative estimate of drug-likeness (QED) is 0.754. The molecule has 2 aromatic rings. The fourth-order valence-corrected chi connectivity index (χ4v) is 5.20. The van der Waals surface area contributed by atoms with Crippen LogP contribution in [-0.4, -0.2) is 44.9 Å². The molecule has 1 fully saturated rings. The highest BCUT2D eigenvalue weighted by Crippen LogP contribution is 2.27. The first-order valence-corrected chi connectivity index (χ1v) is 10.9. The summed E-state index contributed by atoms with van der Waals surface area (Å²) in [5, 5.41) is 2.83. The van der Waals surface area contributed by atoms with Crippen molar-refractivity contribution in [1.29, 1.82) is 0 Å². The summed E-state index contributed by atoms with van der Waals surface area (Å²) in [5.41, 5.74) is 2.07. The second-order valence-electron chi connectivity index (χ2n) is 6.17. The lowest BCUT2D eigenvalue weighted by molar-refractivity contribution is 0.0730. The van der Waals surface area contributed by atoms with Gasteiger partial charge in [0.1, 0.15) is 0 Å². The Labute approximate surface area is 167 Å². The first-order valence-electron chi connectivity index (χ1n) is 8.69. The fraction of sp³-hybridized carbons (Fsp3) is 0.316. The Morgan fingerprint density at radius 3 is 2.63 bits per heavy atom. The minimum Gasteiger partial charge on any atom is -0.379 e. The van der Waals surface area contributed by atoms with Crippen molar-refractivity contribution in [2.24, 2.45) is 0 Å². The Kier molecular flexibility index (Phi) is 6.31. The maximum absolute atomic E-state index is 12.9. The number of sulfonamides is 1. The average molecular weight is 453 g/mol. The van der Waals surface area contributed by atoms with Gasteiger partial charge < -0.3 is 10.1 Å². The molecule has 3 rings (SSSR count). The van der Waals surface area contributed by atoms with Crippen LogP contribution in [0, 0.1) is 0 Å². The lowest BCUT2D eigenvalue weighted by Crippen LogP contribution is -2.40. The molecule has 1 N–H and O–H groups in total. The normalized spacial score (nSPS) is 15.5. The van der Waals surface area contributed by atoms with Crippen LogP contribution in [0.4, 0.5) is 5.69 Å². The van der Waals surface area contributed by atoms with Gasteiger partial charge in [0.15, 0.2) is 0 Å². The highest BCUT2D eigenvalue weighted by molar-refractivity contribution is 9.10. The Morgan fingerprint density at radius 2 is 1.93 bits per heavy atom. The van der Waals surface area contributed by atoms with Crippen LogP contribution in [0.1, 0.15) is 22.8 Å². The van der Waals surface area contributed by atoms with Gasteiger partial charge in [-0.05, 0) is 58.2 Å². The molecule has 0 unspecified atom stereocenters. The predicted octanol–water partition coefficient (Wildman–Crippen LogP) is 3.28. The molecule has 8 heteroatoms. The van der Waals surface area contributed by atoms with Crippen molar-refractivity contribution in [3.63, 3.8) is 0 Å². The maximum Gasteiger partial charge on any atom is 0.255 e. The largest absolute Gasteiger partial charge is 0.379 e. The Hall–Kier alpha value is -1.74. The van der Waals surface area contributed by atoms with Crippen LogP contribution in [-0.2, 0) is 21.2 Å². The van der Waals surface area contributed by atoms with E-state index in [2.05, 4.69) is 21.2 Å². The van der Waals surface area contributed by atoms with E-state index in [4.69, 9.17) is 4.74 Å². The number of rotatable bonds is 5. The molecule has 1 aliphatic rings. The fourth-order valence-electron chi connectivity index (χ4n) is 2.84. The van der Waals surface area contributed by atoms with Crippen molar-refractivity contribution in [2.45, 2.75) is 18.2 Å². The van der Waals surface area contributed by atoms with Crippen LogP contribution >= 0.6 is 15.9 Å². The summed E-state index contributed by atoms with van der Waals surface area (Å²) in [6.45, 7) is 3.37. The van der Waals surface area contributed by atoms with Crippen LogP contribution in [0.5, 0.6) is 0 Å². The van der Waals surface area contributed by atoms with Crippen molar-refractivity contribution < 1.29 is 17.9 Å². The van der Waals surface area contributed by atoms with E-state index in [1.165, 1.54) is 10.4 Å². The number of hydrogen-bond donors (Lipinski definition) is 1. The van der Waals surface area contributed by atoms with Gasteiger partial charge in [0.2, 0.25) is 10.0 Å². The molecule has 0 radical (unpaired) electrons. The topological polar surface area (TPSA) is 75.7 Å². The second kappa shape index (κ2) is 8.52. The maximum atomic E-state index is 12.9. The Balaban J connectivity index is 1.87. The standard InChI is InChI=1S/C19H21BrN2O4S/c1-2-14-4-3-5-16(12-14)21-19(23)15-6-7-17(20)18(13-15)27(24,25)22-8-10-26-11-9-22/h3-7,12-13H,2,8-11H2,1H3,(H,21,23). The summed E-state index contributed by atoms with van der Waals surface area (Å²) < 4.78 is 32.9. The number of nitrogens with zero attached hydrogens (tertiary/aromatic N) is 1. The predicted molar refractivity (Wildman–Crippen MR) is 107 cm³/mol. The van der Waals surface area contributed by atoms with E-state index in [0.717, 1.165) is 12.0 Å². The summed E-state index contributed by atoms with van der Waals surface area (Å²) in [7, 11) is -3.71. The molecule has 0 aromatic heterocycles. The number of benzene rings is 2. The van der Waals surface area contributed by atoms with E-state index in [9.17, 15) is 13.2 Å². The molecule has 0 atom stereocenters. The van der Waals surface area contributed by atoms with E-state index in [1.54, 1.807) is 18.2 Å². The Morgan fingerprint density at radius 1 is 1.19 bits per heavy atom. The molecule has 144 valence electrons. The zero-order chi connectivity index (χ0) is 19.4. The van der Waals surface area contributed by atoms with Gasteiger partial charge in [-0.25, -0.2) is 8.42 Å². The van der Waals surface area contributed by atoms with Gasteiger partial charge >= 0.3 is 0 Å². The van der Waals surface area contributed by atoms with E-state index in [-0.39, 0.29) is 16.4 Å². The molecule has 1 saturated heterocycles. The van der Waals surface area contributed by atoms with Gasteiger partial charge in [-0.15, -0.1) is 0 Å². The number of aryl methyl sites for hydroxylation is 1. The van der Waals surface area contributed by atoms with E-state index in [1.807, 2.05) is 25.1 Å². The lowest BCUT2D eigenvalue weighted by atomic mass is 10.1. The minimum absolute atomic E-state index is 0.0827. The van der Waals surface area contributed by atoms with Crippen molar-refractivity contribution in [3.05, 3.63) is 58.1 Å². The molecule has 0 saturated carbocycles. The minimum atomic E-state index is -3.71. The van der Waals surface area contributed by atoms with E-state index < -0.39 is 10.0 Å². The number of carbonyl (C=O) groups excluding carboxylic acids is 1. The lowest BCUT2D eigenvalue weighted by Gasteiger charge is -2.26. The SMILES string of the molecule is CCc1cccc(NC(=O)c2ccc(Br)c(S(=O)(=O)N3CCOCC3)c2)c1. The molecule has 1 amide bonds.